The molecule has 5 nitrogen and oxygen atoms in total. The van der Waals surface area contributed by atoms with E-state index in [1.54, 1.807) is 11.3 Å². The molecule has 0 aliphatic heterocycles. The number of aliphatic carboxylic acids is 1. The Hall–Kier alpha value is -1.69. The normalized spacial score (nSPS) is 10.6. The third kappa shape index (κ3) is 2.91. The van der Waals surface area contributed by atoms with Crippen LogP contribution in [-0.2, 0) is 11.2 Å². The summed E-state index contributed by atoms with van der Waals surface area (Å²) in [7, 11) is 0. The zero-order valence-electron chi connectivity index (χ0n) is 9.34. The molecule has 6 heteroatoms. The smallest absolute Gasteiger partial charge is 0.303 e. The summed E-state index contributed by atoms with van der Waals surface area (Å²) in [4.78, 5) is 10.4. The molecule has 0 amide bonds. The molecule has 0 radical (unpaired) electrons. The van der Waals surface area contributed by atoms with E-state index in [1.807, 2.05) is 17.7 Å². The van der Waals surface area contributed by atoms with E-state index >= 15 is 0 Å². The van der Waals surface area contributed by atoms with Crippen LogP contribution in [0.15, 0.2) is 15.2 Å². The maximum atomic E-state index is 10.4. The van der Waals surface area contributed by atoms with E-state index in [9.17, 15) is 4.79 Å². The van der Waals surface area contributed by atoms with E-state index in [2.05, 4.69) is 10.2 Å². The number of nitrogens with zero attached hydrogens (tertiary/aromatic N) is 2. The fourth-order valence-electron chi connectivity index (χ4n) is 1.43. The summed E-state index contributed by atoms with van der Waals surface area (Å²) in [5, 5.41) is 20.4. The highest BCUT2D eigenvalue weighted by Gasteiger charge is 2.11. The molecule has 0 saturated heterocycles. The molecule has 0 unspecified atom stereocenters. The van der Waals surface area contributed by atoms with Crippen molar-refractivity contribution in [2.75, 3.05) is 0 Å². The molecule has 2 rings (SSSR count). The Bertz CT molecular complexity index is 518. The minimum Gasteiger partial charge on any atom is -0.481 e. The minimum atomic E-state index is -0.807. The second kappa shape index (κ2) is 5.09. The second-order valence-corrected chi connectivity index (χ2v) is 4.46. The number of carboxylic acids is 1. The van der Waals surface area contributed by atoms with Gasteiger partial charge < -0.3 is 9.52 Å². The SMILES string of the molecule is Cc1cscc1-c1nnc(CCCC(=O)O)o1. The highest BCUT2D eigenvalue weighted by atomic mass is 32.1. The van der Waals surface area contributed by atoms with Gasteiger partial charge in [-0.05, 0) is 24.3 Å². The Morgan fingerprint density at radius 1 is 1.47 bits per heavy atom. The van der Waals surface area contributed by atoms with Crippen molar-refractivity contribution < 1.29 is 14.3 Å². The first kappa shape index (κ1) is 11.8. The topological polar surface area (TPSA) is 76.2 Å². The van der Waals surface area contributed by atoms with Crippen LogP contribution in [0.5, 0.6) is 0 Å². The van der Waals surface area contributed by atoms with Crippen molar-refractivity contribution in [2.45, 2.75) is 26.2 Å². The monoisotopic (exact) mass is 252 g/mol. The van der Waals surface area contributed by atoms with E-state index in [4.69, 9.17) is 9.52 Å². The summed E-state index contributed by atoms with van der Waals surface area (Å²) >= 11 is 1.59. The van der Waals surface area contributed by atoms with Gasteiger partial charge in [0.25, 0.3) is 0 Å². The summed E-state index contributed by atoms with van der Waals surface area (Å²) in [5.74, 6) is 0.194. The molecule has 0 fully saturated rings. The summed E-state index contributed by atoms with van der Waals surface area (Å²) < 4.78 is 5.48. The fraction of sp³-hybridized carbons (Fsp3) is 0.364. The lowest BCUT2D eigenvalue weighted by molar-refractivity contribution is -0.137. The van der Waals surface area contributed by atoms with Crippen LogP contribution in [0.3, 0.4) is 0 Å². The number of hydrogen-bond acceptors (Lipinski definition) is 5. The van der Waals surface area contributed by atoms with E-state index in [0.717, 1.165) is 11.1 Å². The van der Waals surface area contributed by atoms with Gasteiger partial charge in [-0.25, -0.2) is 0 Å². The first-order valence-corrected chi connectivity index (χ1v) is 6.18. The van der Waals surface area contributed by atoms with E-state index in [-0.39, 0.29) is 6.42 Å². The lowest BCUT2D eigenvalue weighted by atomic mass is 10.2. The Kier molecular flexibility index (Phi) is 3.53. The van der Waals surface area contributed by atoms with Gasteiger partial charge in [0.15, 0.2) is 0 Å². The first-order chi connectivity index (χ1) is 8.16. The molecule has 0 saturated carbocycles. The number of aryl methyl sites for hydroxylation is 2. The second-order valence-electron chi connectivity index (χ2n) is 3.72. The van der Waals surface area contributed by atoms with E-state index in [0.29, 0.717) is 24.6 Å². The van der Waals surface area contributed by atoms with Crippen LogP contribution in [0.1, 0.15) is 24.3 Å². The van der Waals surface area contributed by atoms with Gasteiger partial charge >= 0.3 is 5.97 Å². The maximum Gasteiger partial charge on any atom is 0.303 e. The van der Waals surface area contributed by atoms with E-state index < -0.39 is 5.97 Å². The molecule has 90 valence electrons. The van der Waals surface area contributed by atoms with Crippen molar-refractivity contribution in [3.05, 3.63) is 22.2 Å². The summed E-state index contributed by atoms with van der Waals surface area (Å²) in [6.07, 6.45) is 1.14. The quantitative estimate of drug-likeness (QED) is 0.884. The molecular formula is C11H12N2O3S. The number of thiophene rings is 1. The van der Waals surface area contributed by atoms with Crippen molar-refractivity contribution in [2.24, 2.45) is 0 Å². The minimum absolute atomic E-state index is 0.120. The molecular weight excluding hydrogens is 240 g/mol. The third-order valence-corrected chi connectivity index (χ3v) is 3.20. The maximum absolute atomic E-state index is 10.4. The number of carbonyl (C=O) groups is 1. The number of hydrogen-bond donors (Lipinski definition) is 1. The summed E-state index contributed by atoms with van der Waals surface area (Å²) in [6.45, 7) is 1.99. The van der Waals surface area contributed by atoms with Crippen LogP contribution in [0.4, 0.5) is 0 Å². The summed E-state index contributed by atoms with van der Waals surface area (Å²) in [5.41, 5.74) is 2.06. The van der Waals surface area contributed by atoms with Gasteiger partial charge in [0.05, 0.1) is 5.56 Å². The van der Waals surface area contributed by atoms with Crippen molar-refractivity contribution in [3.63, 3.8) is 0 Å². The van der Waals surface area contributed by atoms with Crippen LogP contribution in [0.25, 0.3) is 11.5 Å². The van der Waals surface area contributed by atoms with Crippen LogP contribution in [0, 0.1) is 6.92 Å². The van der Waals surface area contributed by atoms with Crippen molar-refractivity contribution in [1.82, 2.24) is 10.2 Å². The molecule has 2 aromatic rings. The lowest BCUT2D eigenvalue weighted by Crippen LogP contribution is -1.95. The van der Waals surface area contributed by atoms with Gasteiger partial charge in [-0.2, -0.15) is 11.3 Å². The highest BCUT2D eigenvalue weighted by molar-refractivity contribution is 7.08. The lowest BCUT2D eigenvalue weighted by Gasteiger charge is -1.93. The van der Waals surface area contributed by atoms with Gasteiger partial charge in [0.1, 0.15) is 0 Å². The third-order valence-electron chi connectivity index (χ3n) is 2.33. The Morgan fingerprint density at radius 3 is 2.94 bits per heavy atom. The molecule has 0 aliphatic carbocycles. The number of rotatable bonds is 5. The molecule has 0 spiro atoms. The van der Waals surface area contributed by atoms with Gasteiger partial charge in [-0.15, -0.1) is 10.2 Å². The highest BCUT2D eigenvalue weighted by Crippen LogP contribution is 2.25. The summed E-state index contributed by atoms with van der Waals surface area (Å²) in [6, 6.07) is 0. The Balaban J connectivity index is 2.01. The van der Waals surface area contributed by atoms with Crippen LogP contribution in [0.2, 0.25) is 0 Å². The molecule has 1 N–H and O–H groups in total. The predicted molar refractivity (Wildman–Crippen MR) is 62.9 cm³/mol. The first-order valence-electron chi connectivity index (χ1n) is 5.24. The zero-order valence-corrected chi connectivity index (χ0v) is 10.2. The van der Waals surface area contributed by atoms with E-state index in [1.165, 1.54) is 0 Å². The number of aromatic nitrogens is 2. The predicted octanol–water partition coefficient (Wildman–Crippen LogP) is 2.51. The molecule has 2 aromatic heterocycles. The largest absolute Gasteiger partial charge is 0.481 e. The fourth-order valence-corrected chi connectivity index (χ4v) is 2.26. The van der Waals surface area contributed by atoms with Gasteiger partial charge in [-0.3, -0.25) is 4.79 Å². The molecule has 0 bridgehead atoms. The average molecular weight is 252 g/mol. The molecule has 0 aliphatic rings. The van der Waals surface area contributed by atoms with Crippen molar-refractivity contribution in [1.29, 1.82) is 0 Å². The van der Waals surface area contributed by atoms with Gasteiger partial charge in [0, 0.05) is 18.2 Å². The Labute approximate surface area is 102 Å². The van der Waals surface area contributed by atoms with Crippen molar-refractivity contribution >= 4 is 17.3 Å². The standard InChI is InChI=1S/C11H12N2O3S/c1-7-5-17-6-8(7)11-13-12-9(16-11)3-2-4-10(14)15/h5-6H,2-4H2,1H3,(H,14,15). The molecule has 0 aromatic carbocycles. The van der Waals surface area contributed by atoms with Crippen LogP contribution < -0.4 is 0 Å². The average Bonchev–Trinajstić information content (AvgIpc) is 2.86. The number of carboxylic acid groups (broad SMARTS) is 1. The molecule has 17 heavy (non-hydrogen) atoms. The zero-order chi connectivity index (χ0) is 12.3. The van der Waals surface area contributed by atoms with Gasteiger partial charge in [-0.1, -0.05) is 0 Å². The molecule has 2 heterocycles. The van der Waals surface area contributed by atoms with Gasteiger partial charge in [0.2, 0.25) is 11.8 Å². The van der Waals surface area contributed by atoms with Crippen LogP contribution >= 0.6 is 11.3 Å². The Morgan fingerprint density at radius 2 is 2.29 bits per heavy atom. The van der Waals surface area contributed by atoms with Crippen LogP contribution in [-0.4, -0.2) is 21.3 Å². The molecule has 0 atom stereocenters. The van der Waals surface area contributed by atoms with Crippen molar-refractivity contribution in [3.8, 4) is 11.5 Å².